The predicted octanol–water partition coefficient (Wildman–Crippen LogP) is 4.39. The first-order chi connectivity index (χ1) is 9.72. The van der Waals surface area contributed by atoms with Crippen LogP contribution in [-0.4, -0.2) is 11.7 Å². The second-order valence-electron chi connectivity index (χ2n) is 4.77. The van der Waals surface area contributed by atoms with E-state index in [0.29, 0.717) is 10.9 Å². The second kappa shape index (κ2) is 5.67. The van der Waals surface area contributed by atoms with Crippen molar-refractivity contribution in [3.8, 4) is 0 Å². The van der Waals surface area contributed by atoms with E-state index in [1.807, 2.05) is 31.2 Å². The van der Waals surface area contributed by atoms with E-state index in [9.17, 15) is 4.39 Å². The van der Waals surface area contributed by atoms with E-state index in [1.54, 1.807) is 17.8 Å². The molecule has 0 aromatic heterocycles. The number of thioether (sulfide) groups is 1. The van der Waals surface area contributed by atoms with E-state index in [4.69, 9.17) is 0 Å². The number of aliphatic imine (C=N–C) groups is 1. The summed E-state index contributed by atoms with van der Waals surface area (Å²) < 4.78 is 13.8. The fourth-order valence-electron chi connectivity index (χ4n) is 2.12. The standard InChI is InChI=1S/C16H15FN2S/c1-11-7-8-14(13(17)9-11)19-16-18-10-15(20-16)12-5-3-2-4-6-12/h2-9,15H,10H2,1H3,(H,18,19). The Kier molecular flexibility index (Phi) is 3.74. The van der Waals surface area contributed by atoms with E-state index in [2.05, 4.69) is 22.4 Å². The first-order valence-electron chi connectivity index (χ1n) is 6.51. The van der Waals surface area contributed by atoms with Gasteiger partial charge in [-0.3, -0.25) is 4.99 Å². The lowest BCUT2D eigenvalue weighted by Crippen LogP contribution is -2.07. The number of hydrogen-bond donors (Lipinski definition) is 1. The van der Waals surface area contributed by atoms with Crippen LogP contribution in [0.15, 0.2) is 53.5 Å². The Morgan fingerprint density at radius 2 is 2.00 bits per heavy atom. The number of rotatable bonds is 2. The smallest absolute Gasteiger partial charge is 0.161 e. The Balaban J connectivity index is 1.69. The molecule has 2 aromatic carbocycles. The van der Waals surface area contributed by atoms with Gasteiger partial charge in [-0.2, -0.15) is 0 Å². The number of amidine groups is 1. The zero-order chi connectivity index (χ0) is 13.9. The third-order valence-electron chi connectivity index (χ3n) is 3.19. The van der Waals surface area contributed by atoms with Crippen molar-refractivity contribution in [1.82, 2.24) is 0 Å². The van der Waals surface area contributed by atoms with E-state index < -0.39 is 0 Å². The molecule has 3 rings (SSSR count). The Morgan fingerprint density at radius 3 is 2.75 bits per heavy atom. The maximum atomic E-state index is 13.8. The minimum atomic E-state index is -0.239. The Labute approximate surface area is 122 Å². The van der Waals surface area contributed by atoms with E-state index in [-0.39, 0.29) is 5.82 Å². The molecule has 102 valence electrons. The van der Waals surface area contributed by atoms with Gasteiger partial charge in [-0.05, 0) is 30.2 Å². The second-order valence-corrected chi connectivity index (χ2v) is 5.96. The van der Waals surface area contributed by atoms with Gasteiger partial charge in [-0.25, -0.2) is 4.39 Å². The Bertz CT molecular complexity index is 640. The van der Waals surface area contributed by atoms with E-state index in [0.717, 1.165) is 17.3 Å². The summed E-state index contributed by atoms with van der Waals surface area (Å²) in [6.07, 6.45) is 0. The molecule has 1 heterocycles. The third kappa shape index (κ3) is 2.85. The zero-order valence-electron chi connectivity index (χ0n) is 11.1. The van der Waals surface area contributed by atoms with Crippen molar-refractivity contribution in [2.75, 3.05) is 11.9 Å². The van der Waals surface area contributed by atoms with Gasteiger partial charge in [0, 0.05) is 0 Å². The molecule has 1 atom stereocenters. The summed E-state index contributed by atoms with van der Waals surface area (Å²) >= 11 is 1.64. The molecule has 0 amide bonds. The molecule has 0 saturated carbocycles. The van der Waals surface area contributed by atoms with Crippen LogP contribution in [0.5, 0.6) is 0 Å². The zero-order valence-corrected chi connectivity index (χ0v) is 12.0. The summed E-state index contributed by atoms with van der Waals surface area (Å²) in [5.41, 5.74) is 2.65. The van der Waals surface area contributed by atoms with Crippen LogP contribution in [-0.2, 0) is 0 Å². The predicted molar refractivity (Wildman–Crippen MR) is 83.8 cm³/mol. The average molecular weight is 286 g/mol. The van der Waals surface area contributed by atoms with Crippen molar-refractivity contribution < 1.29 is 4.39 Å². The lowest BCUT2D eigenvalue weighted by Gasteiger charge is -2.10. The number of halogens is 1. The molecule has 0 radical (unpaired) electrons. The summed E-state index contributed by atoms with van der Waals surface area (Å²) in [6, 6.07) is 15.4. The van der Waals surface area contributed by atoms with E-state index >= 15 is 0 Å². The molecule has 1 unspecified atom stereocenters. The lowest BCUT2D eigenvalue weighted by molar-refractivity contribution is 0.631. The van der Waals surface area contributed by atoms with Crippen molar-refractivity contribution in [3.63, 3.8) is 0 Å². The van der Waals surface area contributed by atoms with Crippen molar-refractivity contribution in [3.05, 3.63) is 65.5 Å². The molecule has 0 aliphatic carbocycles. The van der Waals surface area contributed by atoms with Gasteiger partial charge in [0.15, 0.2) is 5.17 Å². The van der Waals surface area contributed by atoms with Gasteiger partial charge < -0.3 is 5.32 Å². The summed E-state index contributed by atoms with van der Waals surface area (Å²) in [6.45, 7) is 2.60. The summed E-state index contributed by atoms with van der Waals surface area (Å²) in [5.74, 6) is -0.239. The van der Waals surface area contributed by atoms with Crippen LogP contribution >= 0.6 is 11.8 Å². The van der Waals surface area contributed by atoms with Crippen LogP contribution < -0.4 is 5.32 Å². The Hall–Kier alpha value is -1.81. The highest BCUT2D eigenvalue weighted by Gasteiger charge is 2.21. The largest absolute Gasteiger partial charge is 0.333 e. The van der Waals surface area contributed by atoms with Crippen molar-refractivity contribution >= 4 is 22.6 Å². The van der Waals surface area contributed by atoms with Crippen molar-refractivity contribution in [2.45, 2.75) is 12.2 Å². The van der Waals surface area contributed by atoms with Gasteiger partial charge in [0.2, 0.25) is 0 Å². The molecule has 0 spiro atoms. The number of aryl methyl sites for hydroxylation is 1. The fourth-order valence-corrected chi connectivity index (χ4v) is 3.15. The van der Waals surface area contributed by atoms with Crippen LogP contribution in [0.25, 0.3) is 0 Å². The van der Waals surface area contributed by atoms with Gasteiger partial charge in [0.1, 0.15) is 5.82 Å². The first-order valence-corrected chi connectivity index (χ1v) is 7.39. The highest BCUT2D eigenvalue weighted by atomic mass is 32.2. The van der Waals surface area contributed by atoms with Gasteiger partial charge in [0.25, 0.3) is 0 Å². The van der Waals surface area contributed by atoms with Crippen LogP contribution in [0.1, 0.15) is 16.4 Å². The minimum Gasteiger partial charge on any atom is -0.333 e. The molecular weight excluding hydrogens is 271 g/mol. The molecule has 20 heavy (non-hydrogen) atoms. The molecule has 0 saturated heterocycles. The van der Waals surface area contributed by atoms with Gasteiger partial charge in [-0.15, -0.1) is 0 Å². The molecule has 1 N–H and O–H groups in total. The quantitative estimate of drug-likeness (QED) is 0.885. The number of nitrogens with zero attached hydrogens (tertiary/aromatic N) is 1. The maximum absolute atomic E-state index is 13.8. The summed E-state index contributed by atoms with van der Waals surface area (Å²) in [4.78, 5) is 4.45. The third-order valence-corrected chi connectivity index (χ3v) is 4.35. The average Bonchev–Trinajstić information content (AvgIpc) is 2.92. The number of anilines is 1. The normalized spacial score (nSPS) is 17.9. The van der Waals surface area contributed by atoms with Crippen LogP contribution in [0.2, 0.25) is 0 Å². The fraction of sp³-hybridized carbons (Fsp3) is 0.188. The van der Waals surface area contributed by atoms with Gasteiger partial charge in [0.05, 0.1) is 17.5 Å². The number of hydrogen-bond acceptors (Lipinski definition) is 3. The SMILES string of the molecule is Cc1ccc(NC2=NCC(c3ccccc3)S2)c(F)c1. The van der Waals surface area contributed by atoms with Gasteiger partial charge >= 0.3 is 0 Å². The highest BCUT2D eigenvalue weighted by Crippen LogP contribution is 2.35. The van der Waals surface area contributed by atoms with E-state index in [1.165, 1.54) is 11.6 Å². The maximum Gasteiger partial charge on any atom is 0.161 e. The molecule has 1 aliphatic rings. The van der Waals surface area contributed by atoms with Crippen molar-refractivity contribution in [2.24, 2.45) is 4.99 Å². The molecule has 4 heteroatoms. The highest BCUT2D eigenvalue weighted by molar-refractivity contribution is 8.14. The van der Waals surface area contributed by atoms with Gasteiger partial charge in [-0.1, -0.05) is 48.2 Å². The van der Waals surface area contributed by atoms with Crippen molar-refractivity contribution in [1.29, 1.82) is 0 Å². The molecule has 2 nitrogen and oxygen atoms in total. The lowest BCUT2D eigenvalue weighted by atomic mass is 10.1. The Morgan fingerprint density at radius 1 is 1.20 bits per heavy atom. The number of nitrogens with one attached hydrogen (secondary N) is 1. The van der Waals surface area contributed by atoms with Crippen LogP contribution in [0.3, 0.4) is 0 Å². The number of benzene rings is 2. The monoisotopic (exact) mass is 286 g/mol. The molecule has 0 bridgehead atoms. The molecular formula is C16H15FN2S. The van der Waals surface area contributed by atoms with Crippen LogP contribution in [0.4, 0.5) is 10.1 Å². The molecule has 0 fully saturated rings. The minimum absolute atomic E-state index is 0.239. The summed E-state index contributed by atoms with van der Waals surface area (Å²) in [7, 11) is 0. The molecule has 1 aliphatic heterocycles. The first kappa shape index (κ1) is 13.2. The molecule has 2 aromatic rings. The topological polar surface area (TPSA) is 24.4 Å². The summed E-state index contributed by atoms with van der Waals surface area (Å²) in [5, 5.41) is 4.17. The van der Waals surface area contributed by atoms with Crippen LogP contribution in [0, 0.1) is 12.7 Å².